The van der Waals surface area contributed by atoms with Crippen LogP contribution in [0.25, 0.3) is 11.3 Å². The maximum Gasteiger partial charge on any atom is 0.230 e. The van der Waals surface area contributed by atoms with E-state index in [9.17, 15) is 13.2 Å². The first-order valence-corrected chi connectivity index (χ1v) is 11.7. The van der Waals surface area contributed by atoms with E-state index in [1.54, 1.807) is 18.2 Å². The number of fused-ring (bicyclic) bond motifs is 1. The van der Waals surface area contributed by atoms with E-state index >= 15 is 0 Å². The zero-order chi connectivity index (χ0) is 24.5. The molecule has 2 N–H and O–H groups in total. The van der Waals surface area contributed by atoms with Crippen LogP contribution in [0.5, 0.6) is 5.75 Å². The number of rotatable bonds is 5. The Kier molecular flexibility index (Phi) is 6.38. The minimum Gasteiger partial charge on any atom is -0.486 e. The summed E-state index contributed by atoms with van der Waals surface area (Å²) in [5, 5.41) is 6.11. The number of hydrogen-bond donors (Lipinski definition) is 2. The van der Waals surface area contributed by atoms with Gasteiger partial charge in [-0.3, -0.25) is 0 Å². The number of halogens is 3. The zero-order valence-corrected chi connectivity index (χ0v) is 19.6. The van der Waals surface area contributed by atoms with E-state index in [0.29, 0.717) is 35.8 Å². The molecule has 0 bridgehead atoms. The van der Waals surface area contributed by atoms with Gasteiger partial charge in [-0.15, -0.1) is 0 Å². The molecule has 1 fully saturated rings. The van der Waals surface area contributed by atoms with Crippen molar-refractivity contribution in [3.05, 3.63) is 54.0 Å². The highest BCUT2D eigenvalue weighted by atomic mass is 19.1. The summed E-state index contributed by atoms with van der Waals surface area (Å²) < 4.78 is 49.7. The summed E-state index contributed by atoms with van der Waals surface area (Å²) in [5.74, 6) is -1.59. The van der Waals surface area contributed by atoms with Crippen LogP contribution in [0.2, 0.25) is 0 Å². The van der Waals surface area contributed by atoms with Gasteiger partial charge in [-0.25, -0.2) is 13.8 Å². The summed E-state index contributed by atoms with van der Waals surface area (Å²) in [4.78, 5) is 12.2. The second-order valence-corrected chi connectivity index (χ2v) is 8.87. The fourth-order valence-corrected chi connectivity index (χ4v) is 4.48. The van der Waals surface area contributed by atoms with Gasteiger partial charge in [0.2, 0.25) is 11.9 Å². The lowest BCUT2D eigenvalue weighted by molar-refractivity contribution is 0.287. The molecule has 1 saturated heterocycles. The smallest absolute Gasteiger partial charge is 0.230 e. The van der Waals surface area contributed by atoms with E-state index in [2.05, 4.69) is 20.6 Å². The number of anilines is 4. The standard InChI is InChI=1S/C25H27F3N6O/c1-15(2)34-9-10-35-24-19(27)11-16(12-22(24)34)20-14-23(28)32-25(31-20)30-17-3-4-21(18(26)13-17)33-7-5-29-6-8-33/h3-4,11-15,29H,5-10H2,1-2H3,(H,30,31,32). The lowest BCUT2D eigenvalue weighted by atomic mass is 10.1. The second kappa shape index (κ2) is 9.61. The van der Waals surface area contributed by atoms with Crippen molar-refractivity contribution in [2.24, 2.45) is 0 Å². The highest BCUT2D eigenvalue weighted by Gasteiger charge is 2.25. The minimum absolute atomic E-state index is 0.0515. The first kappa shape index (κ1) is 23.2. The van der Waals surface area contributed by atoms with Gasteiger partial charge in [0.1, 0.15) is 12.4 Å². The van der Waals surface area contributed by atoms with Crippen molar-refractivity contribution in [1.29, 1.82) is 0 Å². The molecule has 1 aromatic heterocycles. The second-order valence-electron chi connectivity index (χ2n) is 8.87. The fraction of sp³-hybridized carbons (Fsp3) is 0.360. The monoisotopic (exact) mass is 484 g/mol. The summed E-state index contributed by atoms with van der Waals surface area (Å²) in [7, 11) is 0. The van der Waals surface area contributed by atoms with Gasteiger partial charge < -0.3 is 25.2 Å². The Morgan fingerprint density at radius 2 is 1.74 bits per heavy atom. The lowest BCUT2D eigenvalue weighted by Gasteiger charge is -2.34. The van der Waals surface area contributed by atoms with Crippen LogP contribution in [0.1, 0.15) is 13.8 Å². The molecule has 10 heteroatoms. The largest absolute Gasteiger partial charge is 0.486 e. The van der Waals surface area contributed by atoms with Crippen molar-refractivity contribution in [3.63, 3.8) is 0 Å². The molecule has 0 saturated carbocycles. The number of hydrogen-bond acceptors (Lipinski definition) is 7. The van der Waals surface area contributed by atoms with Crippen LogP contribution in [-0.2, 0) is 0 Å². The third-order valence-electron chi connectivity index (χ3n) is 6.19. The molecule has 7 nitrogen and oxygen atoms in total. The summed E-state index contributed by atoms with van der Waals surface area (Å²) in [6.07, 6.45) is 0. The van der Waals surface area contributed by atoms with Crippen molar-refractivity contribution in [1.82, 2.24) is 15.3 Å². The van der Waals surface area contributed by atoms with Gasteiger partial charge in [0.15, 0.2) is 11.6 Å². The van der Waals surface area contributed by atoms with Crippen molar-refractivity contribution in [3.8, 4) is 17.0 Å². The first-order chi connectivity index (χ1) is 16.9. The molecule has 184 valence electrons. The van der Waals surface area contributed by atoms with Crippen LogP contribution in [0.3, 0.4) is 0 Å². The Balaban J connectivity index is 1.43. The summed E-state index contributed by atoms with van der Waals surface area (Å²) >= 11 is 0. The van der Waals surface area contributed by atoms with Crippen LogP contribution in [0, 0.1) is 17.6 Å². The predicted molar refractivity (Wildman–Crippen MR) is 130 cm³/mol. The van der Waals surface area contributed by atoms with Crippen molar-refractivity contribution >= 4 is 23.0 Å². The molecule has 0 radical (unpaired) electrons. The highest BCUT2D eigenvalue weighted by Crippen LogP contribution is 2.39. The van der Waals surface area contributed by atoms with Crippen LogP contribution in [0.15, 0.2) is 36.4 Å². The quantitative estimate of drug-likeness (QED) is 0.523. The summed E-state index contributed by atoms with van der Waals surface area (Å²) in [6.45, 7) is 8.06. The number of benzene rings is 2. The van der Waals surface area contributed by atoms with E-state index < -0.39 is 11.8 Å². The summed E-state index contributed by atoms with van der Waals surface area (Å²) in [5.41, 5.74) is 2.09. The number of nitrogens with one attached hydrogen (secondary N) is 2. The number of aromatic nitrogens is 2. The third kappa shape index (κ3) is 4.84. The molecule has 2 aliphatic heterocycles. The SMILES string of the molecule is CC(C)N1CCOc2c(F)cc(-c3cc(F)nc(Nc4ccc(N5CCNCC5)c(F)c4)n3)cc21. The fourth-order valence-electron chi connectivity index (χ4n) is 4.48. The van der Waals surface area contributed by atoms with Crippen molar-refractivity contribution in [2.45, 2.75) is 19.9 Å². The summed E-state index contributed by atoms with van der Waals surface area (Å²) in [6, 6.07) is 9.01. The maximum atomic E-state index is 14.9. The molecule has 2 aromatic carbocycles. The van der Waals surface area contributed by atoms with E-state index in [-0.39, 0.29) is 29.3 Å². The topological polar surface area (TPSA) is 65.6 Å². The van der Waals surface area contributed by atoms with Gasteiger partial charge in [-0.2, -0.15) is 9.37 Å². The van der Waals surface area contributed by atoms with Gasteiger partial charge in [-0.05, 0) is 44.2 Å². The number of piperazine rings is 1. The molecule has 0 unspecified atom stereocenters. The number of ether oxygens (including phenoxy) is 1. The molecule has 0 spiro atoms. The van der Waals surface area contributed by atoms with Gasteiger partial charge in [0.25, 0.3) is 0 Å². The molecule has 0 amide bonds. The van der Waals surface area contributed by atoms with E-state index in [4.69, 9.17) is 4.74 Å². The Morgan fingerprint density at radius 3 is 2.49 bits per heavy atom. The Morgan fingerprint density at radius 1 is 0.943 bits per heavy atom. The normalized spacial score (nSPS) is 15.7. The molecular weight excluding hydrogens is 457 g/mol. The highest BCUT2D eigenvalue weighted by molar-refractivity contribution is 5.73. The van der Waals surface area contributed by atoms with E-state index in [1.165, 1.54) is 12.1 Å². The van der Waals surface area contributed by atoms with Crippen LogP contribution in [0.4, 0.5) is 36.2 Å². The Hall–Kier alpha value is -3.53. The average molecular weight is 485 g/mol. The molecule has 2 aliphatic rings. The van der Waals surface area contributed by atoms with Crippen molar-refractivity contribution in [2.75, 3.05) is 54.4 Å². The maximum absolute atomic E-state index is 14.9. The minimum atomic E-state index is -0.787. The molecule has 3 heterocycles. The lowest BCUT2D eigenvalue weighted by Crippen LogP contribution is -2.43. The molecule has 0 aliphatic carbocycles. The van der Waals surface area contributed by atoms with E-state index in [0.717, 1.165) is 32.2 Å². The van der Waals surface area contributed by atoms with E-state index in [1.807, 2.05) is 23.6 Å². The van der Waals surface area contributed by atoms with Gasteiger partial charge in [0.05, 0.1) is 23.6 Å². The van der Waals surface area contributed by atoms with Gasteiger partial charge >= 0.3 is 0 Å². The molecule has 5 rings (SSSR count). The first-order valence-electron chi connectivity index (χ1n) is 11.7. The predicted octanol–water partition coefficient (Wildman–Crippen LogP) is 4.32. The third-order valence-corrected chi connectivity index (χ3v) is 6.19. The van der Waals surface area contributed by atoms with Crippen molar-refractivity contribution < 1.29 is 17.9 Å². The van der Waals surface area contributed by atoms with Crippen LogP contribution < -0.4 is 25.2 Å². The number of nitrogens with zero attached hydrogens (tertiary/aromatic N) is 4. The van der Waals surface area contributed by atoms with Crippen LogP contribution >= 0.6 is 0 Å². The zero-order valence-electron chi connectivity index (χ0n) is 19.6. The molecular formula is C25H27F3N6O. The Labute approximate surface area is 201 Å². The van der Waals surface area contributed by atoms with Gasteiger partial charge in [0, 0.05) is 49.5 Å². The molecule has 35 heavy (non-hydrogen) atoms. The molecule has 0 atom stereocenters. The average Bonchev–Trinajstić information content (AvgIpc) is 2.84. The molecule has 3 aromatic rings. The van der Waals surface area contributed by atoms with Crippen LogP contribution in [-0.4, -0.2) is 55.3 Å². The van der Waals surface area contributed by atoms with Gasteiger partial charge in [-0.1, -0.05) is 0 Å². The Bertz CT molecular complexity index is 1230.